The van der Waals surface area contributed by atoms with E-state index >= 15 is 0 Å². The van der Waals surface area contributed by atoms with Crippen LogP contribution in [0.4, 0.5) is 0 Å². The molecule has 1 saturated carbocycles. The fourth-order valence-electron chi connectivity index (χ4n) is 2.92. The molecule has 78 valence electrons. The summed E-state index contributed by atoms with van der Waals surface area (Å²) >= 11 is 0. The van der Waals surface area contributed by atoms with Crippen LogP contribution in [0.5, 0.6) is 0 Å². The van der Waals surface area contributed by atoms with Crippen molar-refractivity contribution in [1.29, 1.82) is 0 Å². The Balaban J connectivity index is 2.80. The van der Waals surface area contributed by atoms with Crippen molar-refractivity contribution in [2.24, 2.45) is 16.6 Å². The molecule has 0 aliphatic heterocycles. The largest absolute Gasteiger partial charge is 0.390 e. The molecule has 0 spiro atoms. The van der Waals surface area contributed by atoms with Crippen molar-refractivity contribution in [3.8, 4) is 0 Å². The van der Waals surface area contributed by atoms with Crippen LogP contribution in [0.2, 0.25) is 0 Å². The average molecular weight is 185 g/mol. The van der Waals surface area contributed by atoms with Crippen LogP contribution in [0.15, 0.2) is 0 Å². The third-order valence-electron chi connectivity index (χ3n) is 4.03. The van der Waals surface area contributed by atoms with Gasteiger partial charge in [-0.2, -0.15) is 0 Å². The fraction of sp³-hybridized carbons (Fsp3) is 1.00. The minimum absolute atomic E-state index is 0.0317. The van der Waals surface area contributed by atoms with Crippen molar-refractivity contribution in [1.82, 2.24) is 0 Å². The van der Waals surface area contributed by atoms with Gasteiger partial charge in [-0.05, 0) is 25.2 Å². The zero-order chi connectivity index (χ0) is 10.3. The molecule has 0 amide bonds. The zero-order valence-electron chi connectivity index (χ0n) is 9.35. The minimum atomic E-state index is -0.583. The summed E-state index contributed by atoms with van der Waals surface area (Å²) in [5.41, 5.74) is 5.41. The molecular weight excluding hydrogens is 162 g/mol. The molecule has 3 N–H and O–H groups in total. The van der Waals surface area contributed by atoms with E-state index in [4.69, 9.17) is 5.73 Å². The van der Waals surface area contributed by atoms with Crippen LogP contribution in [0.3, 0.4) is 0 Å². The van der Waals surface area contributed by atoms with Crippen LogP contribution in [0.1, 0.15) is 47.0 Å². The van der Waals surface area contributed by atoms with Crippen LogP contribution in [0.25, 0.3) is 0 Å². The van der Waals surface area contributed by atoms with Crippen molar-refractivity contribution >= 4 is 0 Å². The van der Waals surface area contributed by atoms with E-state index in [0.717, 1.165) is 19.3 Å². The van der Waals surface area contributed by atoms with E-state index in [-0.39, 0.29) is 10.8 Å². The first-order valence-electron chi connectivity index (χ1n) is 5.25. The van der Waals surface area contributed by atoms with Crippen molar-refractivity contribution in [3.63, 3.8) is 0 Å². The lowest BCUT2D eigenvalue weighted by Gasteiger charge is -2.35. The van der Waals surface area contributed by atoms with Crippen molar-refractivity contribution in [2.75, 3.05) is 6.54 Å². The fourth-order valence-corrected chi connectivity index (χ4v) is 2.92. The van der Waals surface area contributed by atoms with Gasteiger partial charge in [-0.3, -0.25) is 0 Å². The summed E-state index contributed by atoms with van der Waals surface area (Å²) in [5, 5.41) is 10.4. The van der Waals surface area contributed by atoms with Crippen LogP contribution in [-0.2, 0) is 0 Å². The molecule has 0 saturated heterocycles. The van der Waals surface area contributed by atoms with Crippen molar-refractivity contribution in [3.05, 3.63) is 0 Å². The number of hydrogen-bond donors (Lipinski definition) is 2. The van der Waals surface area contributed by atoms with Crippen LogP contribution < -0.4 is 5.73 Å². The van der Waals surface area contributed by atoms with Gasteiger partial charge >= 0.3 is 0 Å². The first kappa shape index (κ1) is 11.0. The van der Waals surface area contributed by atoms with Gasteiger partial charge in [0.2, 0.25) is 0 Å². The second-order valence-electron chi connectivity index (χ2n) is 5.37. The standard InChI is InChI=1S/C11H23NO/c1-5-6-10(4,13)11(8-12)7-9(11,2)3/h13H,5-8,12H2,1-4H3. The summed E-state index contributed by atoms with van der Waals surface area (Å²) in [6, 6.07) is 0. The Labute approximate surface area is 81.5 Å². The first-order valence-corrected chi connectivity index (χ1v) is 5.25. The van der Waals surface area contributed by atoms with E-state index in [9.17, 15) is 5.11 Å². The SMILES string of the molecule is CCCC(C)(O)C1(CN)CC1(C)C. The summed E-state index contributed by atoms with van der Waals surface area (Å²) in [6.07, 6.45) is 2.93. The molecule has 0 radical (unpaired) electrons. The van der Waals surface area contributed by atoms with Crippen molar-refractivity contribution in [2.45, 2.75) is 52.6 Å². The van der Waals surface area contributed by atoms with Crippen molar-refractivity contribution < 1.29 is 5.11 Å². The minimum Gasteiger partial charge on any atom is -0.390 e. The summed E-state index contributed by atoms with van der Waals surface area (Å²) in [4.78, 5) is 0. The average Bonchev–Trinajstić information content (AvgIpc) is 2.55. The Morgan fingerprint density at radius 2 is 1.92 bits per heavy atom. The predicted molar refractivity (Wildman–Crippen MR) is 55.4 cm³/mol. The first-order chi connectivity index (χ1) is 5.83. The number of nitrogens with two attached hydrogens (primary N) is 1. The molecule has 0 heterocycles. The lowest BCUT2D eigenvalue weighted by atomic mass is 9.77. The van der Waals surface area contributed by atoms with E-state index in [0.29, 0.717) is 6.54 Å². The van der Waals surface area contributed by atoms with Gasteiger partial charge in [-0.1, -0.05) is 27.2 Å². The topological polar surface area (TPSA) is 46.2 Å². The highest BCUT2D eigenvalue weighted by molar-refractivity contribution is 5.18. The number of aliphatic hydroxyl groups is 1. The smallest absolute Gasteiger partial charge is 0.0693 e. The van der Waals surface area contributed by atoms with E-state index in [1.165, 1.54) is 0 Å². The number of hydrogen-bond acceptors (Lipinski definition) is 2. The van der Waals surface area contributed by atoms with Gasteiger partial charge in [0.25, 0.3) is 0 Å². The predicted octanol–water partition coefficient (Wildman–Crippen LogP) is 1.91. The summed E-state index contributed by atoms with van der Waals surface area (Å²) in [5.74, 6) is 0. The molecule has 2 unspecified atom stereocenters. The molecule has 1 rings (SSSR count). The van der Waals surface area contributed by atoms with E-state index < -0.39 is 5.60 Å². The highest BCUT2D eigenvalue weighted by Crippen LogP contribution is 2.68. The lowest BCUT2D eigenvalue weighted by Crippen LogP contribution is -2.44. The van der Waals surface area contributed by atoms with E-state index in [2.05, 4.69) is 20.8 Å². The lowest BCUT2D eigenvalue weighted by molar-refractivity contribution is -0.0360. The second kappa shape index (κ2) is 2.96. The maximum Gasteiger partial charge on any atom is 0.0693 e. The molecule has 0 aromatic rings. The van der Waals surface area contributed by atoms with Crippen LogP contribution in [0, 0.1) is 10.8 Å². The van der Waals surface area contributed by atoms with Gasteiger partial charge in [-0.15, -0.1) is 0 Å². The number of rotatable bonds is 4. The Morgan fingerprint density at radius 3 is 2.15 bits per heavy atom. The maximum atomic E-state index is 10.4. The van der Waals surface area contributed by atoms with Gasteiger partial charge in [0.1, 0.15) is 0 Å². The van der Waals surface area contributed by atoms with E-state index in [1.807, 2.05) is 6.92 Å². The molecule has 2 heteroatoms. The Morgan fingerprint density at radius 1 is 1.46 bits per heavy atom. The monoisotopic (exact) mass is 185 g/mol. The molecule has 0 aromatic heterocycles. The van der Waals surface area contributed by atoms with Gasteiger partial charge in [0.15, 0.2) is 0 Å². The quantitative estimate of drug-likeness (QED) is 0.703. The Kier molecular flexibility index (Phi) is 2.50. The Hall–Kier alpha value is -0.0800. The maximum absolute atomic E-state index is 10.4. The second-order valence-corrected chi connectivity index (χ2v) is 5.37. The van der Waals surface area contributed by atoms with Gasteiger partial charge < -0.3 is 10.8 Å². The third-order valence-corrected chi connectivity index (χ3v) is 4.03. The summed E-state index contributed by atoms with van der Waals surface area (Å²) < 4.78 is 0. The van der Waals surface area contributed by atoms with Gasteiger partial charge in [0.05, 0.1) is 5.60 Å². The summed E-state index contributed by atoms with van der Waals surface area (Å²) in [6.45, 7) is 9.05. The molecule has 2 nitrogen and oxygen atoms in total. The highest BCUT2D eigenvalue weighted by Gasteiger charge is 2.68. The van der Waals surface area contributed by atoms with Gasteiger partial charge in [-0.25, -0.2) is 0 Å². The molecule has 1 aliphatic carbocycles. The molecule has 1 aliphatic rings. The zero-order valence-corrected chi connectivity index (χ0v) is 9.35. The molecule has 1 fully saturated rings. The van der Waals surface area contributed by atoms with Crippen LogP contribution in [-0.4, -0.2) is 17.3 Å². The Bertz CT molecular complexity index is 198. The normalized spacial score (nSPS) is 35.5. The molecular formula is C11H23NO. The third kappa shape index (κ3) is 1.40. The molecule has 0 aromatic carbocycles. The van der Waals surface area contributed by atoms with E-state index in [1.54, 1.807) is 0 Å². The van der Waals surface area contributed by atoms with Crippen LogP contribution >= 0.6 is 0 Å². The highest BCUT2D eigenvalue weighted by atomic mass is 16.3. The molecule has 13 heavy (non-hydrogen) atoms. The van der Waals surface area contributed by atoms with Gasteiger partial charge in [0, 0.05) is 12.0 Å². The summed E-state index contributed by atoms with van der Waals surface area (Å²) in [7, 11) is 0. The molecule has 0 bridgehead atoms. The molecule has 2 atom stereocenters.